The van der Waals surface area contributed by atoms with Gasteiger partial charge in [0.05, 0.1) is 32.2 Å². The number of H-pyrrole nitrogens is 8. The Labute approximate surface area is 546 Å². The van der Waals surface area contributed by atoms with Gasteiger partial charge < -0.3 is 39.9 Å². The van der Waals surface area contributed by atoms with Crippen LogP contribution in [-0.4, -0.2) is 184 Å². The third-order valence-electron chi connectivity index (χ3n) is 10.6. The molecule has 0 spiro atoms. The number of ether oxygens (including phenoxy) is 6. The molecule has 14 rings (SSSR count). The number of rotatable bonds is 10. The summed E-state index contributed by atoms with van der Waals surface area (Å²) in [6.07, 6.45) is 2.90. The van der Waals surface area contributed by atoms with Gasteiger partial charge in [-0.1, -0.05) is 83.0 Å². The Balaban J connectivity index is 0.000000161. The topological polar surface area (TPSA) is 616 Å². The molecule has 0 aliphatic carbocycles. The molecule has 4 amide bonds. The van der Waals surface area contributed by atoms with Crippen LogP contribution in [0.3, 0.4) is 0 Å². The molecular weight excluding hydrogens is 1290 g/mol. The number of carbonyl (C=O) groups excluding carboxylic acids is 6. The van der Waals surface area contributed by atoms with Crippen molar-refractivity contribution in [2.24, 2.45) is 0 Å². The maximum atomic E-state index is 11.7. The summed E-state index contributed by atoms with van der Waals surface area (Å²) in [4.78, 5) is 74.3. The fraction of sp³-hybridized carbons (Fsp3) is 0.0370. The van der Waals surface area contributed by atoms with E-state index in [9.17, 15) is 28.8 Å². The molecule has 98 heavy (non-hydrogen) atoms. The second kappa shape index (κ2) is 38.9. The van der Waals surface area contributed by atoms with Crippen molar-refractivity contribution in [3.05, 3.63) is 194 Å². The molecule has 44 nitrogen and oxygen atoms in total. The molecule has 0 aliphatic heterocycles. The number of hydrogen-bond donors (Lipinski definition) is 14. The van der Waals surface area contributed by atoms with E-state index in [1.54, 1.807) is 133 Å². The number of nitrogens with zero attached hydrogens (tertiary/aromatic N) is 18. The lowest BCUT2D eigenvalue weighted by Gasteiger charge is -2.06. The highest BCUT2D eigenvalue weighted by Gasteiger charge is 2.12. The zero-order valence-corrected chi connectivity index (χ0v) is 50.4. The number of carbonyl (C=O) groups is 6. The zero-order chi connectivity index (χ0) is 69.4. The number of hydrogen-bond acceptors (Lipinski definition) is 32. The standard InChI is InChI=1S/C13H10N4O2.2C9H8N4O2.C8H7N5O2.C8H7N3O2.C4H5N3O2.C2H4N4.CH3N5/c18-13(19-10-4-2-1-3-5-10)14-9-6-7-11-12(8-9)16-17-15-11;14-9(12-8-10-6-11-13-8)15-7-4-2-1-3-5-7;14-9(11-8-6-10-13-12-8)15-7-4-2-1-3-5-7;14-8(9-7-10-12-13-11-7)15-6-4-2-1-3-5-6;1-13-8(12)5-2-3-6-7(4-5)10-11-9-6;1-9-4(8)3-2-5-7-6-3;3-2-4-1-5-6-2;2-1-3-5-6-4-1/h1-8H,(H,14,18)(H,15,16,17);2*1-6H,(H2,10,11,12,13,14);1-5H,(H2,9,10,11,12,13,14);2-4H,1H3,(H,9,10,11);2H,1H3,(H,5,6,7);1H,(H3,3,4,5,6);(H3,2,3,4,5,6). The monoisotopic (exact) mass is 1340 g/mol. The lowest BCUT2D eigenvalue weighted by Crippen LogP contribution is -2.17. The fourth-order valence-corrected chi connectivity index (χ4v) is 6.43. The number of nitrogen functional groups attached to an aromatic ring is 2. The molecule has 0 bridgehead atoms. The van der Waals surface area contributed by atoms with Gasteiger partial charge in [0.2, 0.25) is 11.9 Å². The van der Waals surface area contributed by atoms with Gasteiger partial charge in [0, 0.05) is 5.69 Å². The number of methoxy groups -OCH3 is 2. The van der Waals surface area contributed by atoms with E-state index < -0.39 is 30.3 Å². The van der Waals surface area contributed by atoms with Crippen molar-refractivity contribution in [3.63, 3.8) is 0 Å². The second-order valence-corrected chi connectivity index (χ2v) is 17.3. The lowest BCUT2D eigenvalue weighted by atomic mass is 10.2. The third kappa shape index (κ3) is 25.7. The summed E-state index contributed by atoms with van der Waals surface area (Å²) in [5, 5.41) is 85.5. The number of tetrazole rings is 2. The molecule has 8 heterocycles. The minimum Gasteiger partial charge on any atom is -0.465 e. The quantitative estimate of drug-likeness (QED) is 0.0824. The summed E-state index contributed by atoms with van der Waals surface area (Å²) < 4.78 is 28.8. The van der Waals surface area contributed by atoms with Gasteiger partial charge in [0.1, 0.15) is 57.7 Å². The van der Waals surface area contributed by atoms with E-state index in [0.717, 1.165) is 11.0 Å². The lowest BCUT2D eigenvalue weighted by molar-refractivity contribution is 0.0588. The third-order valence-corrected chi connectivity index (χ3v) is 10.6. The smallest absolute Gasteiger partial charge is 0.419 e. The maximum absolute atomic E-state index is 11.7. The van der Waals surface area contributed by atoms with Crippen LogP contribution in [0, 0.1) is 0 Å². The van der Waals surface area contributed by atoms with Crippen molar-refractivity contribution < 1.29 is 57.2 Å². The molecule has 16 N–H and O–H groups in total. The predicted molar refractivity (Wildman–Crippen MR) is 338 cm³/mol. The first kappa shape index (κ1) is 69.9. The maximum Gasteiger partial charge on any atom is 0.419 e. The highest BCUT2D eigenvalue weighted by atomic mass is 16.6. The summed E-state index contributed by atoms with van der Waals surface area (Å²) in [6, 6.07) is 45.2. The Hall–Kier alpha value is -15.6. The average molecular weight is 1340 g/mol. The van der Waals surface area contributed by atoms with Gasteiger partial charge in [-0.05, 0) is 95.4 Å². The summed E-state index contributed by atoms with van der Waals surface area (Å²) in [6.45, 7) is 0. The van der Waals surface area contributed by atoms with Gasteiger partial charge in [-0.2, -0.15) is 77.1 Å². The first-order valence-corrected chi connectivity index (χ1v) is 27.1. The Kier molecular flexibility index (Phi) is 27.7. The Morgan fingerprint density at radius 1 is 0.408 bits per heavy atom. The number of esters is 2. The Morgan fingerprint density at radius 2 is 0.898 bits per heavy atom. The molecule has 0 saturated carbocycles. The Bertz CT molecular complexity index is 4280. The van der Waals surface area contributed by atoms with Crippen molar-refractivity contribution >= 4 is 93.7 Å². The number of aromatic nitrogens is 26. The SMILES string of the molecule is COC(=O)c1ccc2n[nH]nc2c1.COC(=O)c1cn[nH]n1.Nc1ncn[nH]1.Nc1nn[nH]n1.O=C(Nc1ccc2n[nH]nc2c1)Oc1ccccc1.O=C(Nc1cn[nH]n1)Oc1ccccc1.O=C(Nc1ncn[nH]1)Oc1ccccc1.O=C(Nc1nn[nH]n1)Oc1ccccc1. The number of nitrogens with one attached hydrogen (secondary N) is 12. The van der Waals surface area contributed by atoms with Crippen LogP contribution in [0.15, 0.2) is 183 Å². The van der Waals surface area contributed by atoms with E-state index in [4.69, 9.17) is 30.4 Å². The first-order valence-electron chi connectivity index (χ1n) is 27.1. The molecule has 0 fully saturated rings. The normalized spacial score (nSPS) is 9.65. The van der Waals surface area contributed by atoms with Crippen LogP contribution in [0.5, 0.6) is 23.0 Å². The summed E-state index contributed by atoms with van der Waals surface area (Å²) in [5.74, 6) is 2.18. The molecule has 0 unspecified atom stereocenters. The Morgan fingerprint density at radius 3 is 1.34 bits per heavy atom. The van der Waals surface area contributed by atoms with E-state index in [1.165, 1.54) is 39.3 Å². The van der Waals surface area contributed by atoms with Gasteiger partial charge in [0.15, 0.2) is 11.5 Å². The molecule has 6 aromatic carbocycles. The van der Waals surface area contributed by atoms with E-state index in [2.05, 4.69) is 164 Å². The van der Waals surface area contributed by atoms with Gasteiger partial charge in [-0.3, -0.25) is 21.3 Å². The van der Waals surface area contributed by atoms with E-state index in [0.29, 0.717) is 57.0 Å². The van der Waals surface area contributed by atoms with Crippen LogP contribution >= 0.6 is 0 Å². The molecular formula is C54H52N32O12. The molecule has 0 radical (unpaired) electrons. The minimum atomic E-state index is -0.664. The highest BCUT2D eigenvalue weighted by Crippen LogP contribution is 2.17. The summed E-state index contributed by atoms with van der Waals surface area (Å²) in [5.41, 5.74) is 14.1. The van der Waals surface area contributed by atoms with Crippen LogP contribution in [-0.2, 0) is 9.47 Å². The summed E-state index contributed by atoms with van der Waals surface area (Å²) >= 11 is 0. The van der Waals surface area contributed by atoms with Crippen LogP contribution < -0.4 is 51.7 Å². The van der Waals surface area contributed by atoms with Gasteiger partial charge in [-0.15, -0.1) is 20.4 Å². The first-order chi connectivity index (χ1) is 47.8. The number of anilines is 6. The van der Waals surface area contributed by atoms with Crippen LogP contribution in [0.2, 0.25) is 0 Å². The number of benzene rings is 6. The molecule has 0 saturated heterocycles. The molecule has 14 aromatic rings. The van der Waals surface area contributed by atoms with Gasteiger partial charge in [0.25, 0.3) is 11.9 Å². The van der Waals surface area contributed by atoms with Gasteiger partial charge in [-0.25, -0.2) is 43.9 Å². The number of para-hydroxylation sites is 4. The fourth-order valence-electron chi connectivity index (χ4n) is 6.43. The molecule has 500 valence electrons. The summed E-state index contributed by atoms with van der Waals surface area (Å²) in [7, 11) is 2.63. The predicted octanol–water partition coefficient (Wildman–Crippen LogP) is 4.72. The van der Waals surface area contributed by atoms with Gasteiger partial charge >= 0.3 is 36.3 Å². The van der Waals surface area contributed by atoms with E-state index >= 15 is 0 Å². The number of fused-ring (bicyclic) bond motifs is 2. The van der Waals surface area contributed by atoms with Crippen LogP contribution in [0.1, 0.15) is 20.8 Å². The van der Waals surface area contributed by atoms with Crippen molar-refractivity contribution in [1.29, 1.82) is 0 Å². The van der Waals surface area contributed by atoms with Crippen molar-refractivity contribution in [1.82, 2.24) is 133 Å². The number of nitrogens with two attached hydrogens (primary N) is 2. The van der Waals surface area contributed by atoms with E-state index in [-0.39, 0.29) is 29.5 Å². The van der Waals surface area contributed by atoms with Crippen LogP contribution in [0.4, 0.5) is 54.5 Å². The van der Waals surface area contributed by atoms with Crippen molar-refractivity contribution in [2.75, 3.05) is 47.0 Å². The zero-order valence-electron chi connectivity index (χ0n) is 50.4. The molecule has 44 heteroatoms. The minimum absolute atomic E-state index is 0.0657. The molecule has 8 aromatic heterocycles. The highest BCUT2D eigenvalue weighted by molar-refractivity contribution is 5.93. The molecule has 0 atom stereocenters. The number of amides is 4. The second-order valence-electron chi connectivity index (χ2n) is 17.3. The number of aromatic amines is 8. The largest absolute Gasteiger partial charge is 0.465 e. The van der Waals surface area contributed by atoms with Crippen molar-refractivity contribution in [3.8, 4) is 23.0 Å². The van der Waals surface area contributed by atoms with Crippen LogP contribution in [0.25, 0.3) is 22.1 Å². The van der Waals surface area contributed by atoms with E-state index in [1.807, 2.05) is 24.3 Å². The average Bonchev–Trinajstić information content (AvgIpc) is 1.75. The van der Waals surface area contributed by atoms with Crippen molar-refractivity contribution in [2.45, 2.75) is 0 Å². The molecule has 0 aliphatic rings.